The molecule has 0 bridgehead atoms. The van der Waals surface area contributed by atoms with Gasteiger partial charge in [-0.05, 0) is 30.2 Å². The standard InChI is InChI=1S/C17H18N2O4S/c1-22-12-17-18-15-11-14(7-8-16(15)23-17)19-24(20,21)10-9-13-5-3-2-4-6-13/h2-8,11,19H,9-10,12H2,1H3. The Balaban J connectivity index is 1.70. The first-order chi connectivity index (χ1) is 11.6. The lowest BCUT2D eigenvalue weighted by Gasteiger charge is -2.07. The molecular weight excluding hydrogens is 328 g/mol. The minimum atomic E-state index is -3.44. The molecule has 0 amide bonds. The summed E-state index contributed by atoms with van der Waals surface area (Å²) in [5.41, 5.74) is 2.63. The SMILES string of the molecule is COCc1nc2cc(NS(=O)(=O)CCc3ccccc3)ccc2o1. The summed E-state index contributed by atoms with van der Waals surface area (Å²) < 4.78 is 37.5. The second kappa shape index (κ2) is 7.02. The van der Waals surface area contributed by atoms with Gasteiger partial charge in [-0.2, -0.15) is 0 Å². The number of anilines is 1. The van der Waals surface area contributed by atoms with Crippen LogP contribution in [-0.2, 0) is 27.8 Å². The van der Waals surface area contributed by atoms with E-state index in [1.807, 2.05) is 30.3 Å². The molecule has 0 aliphatic carbocycles. The molecule has 0 fully saturated rings. The third-order valence-corrected chi connectivity index (χ3v) is 4.76. The zero-order valence-electron chi connectivity index (χ0n) is 13.2. The van der Waals surface area contributed by atoms with Gasteiger partial charge >= 0.3 is 0 Å². The Labute approximate surface area is 140 Å². The summed E-state index contributed by atoms with van der Waals surface area (Å²) >= 11 is 0. The number of aromatic nitrogens is 1. The number of nitrogens with one attached hydrogen (secondary N) is 1. The second-order valence-corrected chi connectivity index (χ2v) is 7.22. The predicted molar refractivity (Wildman–Crippen MR) is 92.3 cm³/mol. The molecule has 0 spiro atoms. The van der Waals surface area contributed by atoms with E-state index in [1.54, 1.807) is 25.3 Å². The lowest BCUT2D eigenvalue weighted by molar-refractivity contribution is 0.161. The molecule has 0 aliphatic rings. The quantitative estimate of drug-likeness (QED) is 0.711. The van der Waals surface area contributed by atoms with Gasteiger partial charge in [-0.25, -0.2) is 13.4 Å². The maximum absolute atomic E-state index is 12.2. The lowest BCUT2D eigenvalue weighted by atomic mass is 10.2. The first-order valence-electron chi connectivity index (χ1n) is 7.48. The average Bonchev–Trinajstić information content (AvgIpc) is 2.96. The fraction of sp³-hybridized carbons (Fsp3) is 0.235. The number of nitrogens with zero attached hydrogens (tertiary/aromatic N) is 1. The van der Waals surface area contributed by atoms with Gasteiger partial charge in [-0.15, -0.1) is 0 Å². The van der Waals surface area contributed by atoms with Crippen molar-refractivity contribution in [2.45, 2.75) is 13.0 Å². The van der Waals surface area contributed by atoms with Crippen LogP contribution in [0.1, 0.15) is 11.5 Å². The van der Waals surface area contributed by atoms with Crippen molar-refractivity contribution < 1.29 is 17.6 Å². The molecule has 0 unspecified atom stereocenters. The molecule has 1 aromatic heterocycles. The summed E-state index contributed by atoms with van der Waals surface area (Å²) in [4.78, 5) is 4.26. The minimum absolute atomic E-state index is 0.0167. The first kappa shape index (κ1) is 16.5. The monoisotopic (exact) mass is 346 g/mol. The third-order valence-electron chi connectivity index (χ3n) is 3.48. The summed E-state index contributed by atoms with van der Waals surface area (Å²) in [5.74, 6) is 0.472. The number of oxazole rings is 1. The highest BCUT2D eigenvalue weighted by molar-refractivity contribution is 7.92. The Morgan fingerprint density at radius 2 is 1.96 bits per heavy atom. The van der Waals surface area contributed by atoms with Crippen molar-refractivity contribution in [2.24, 2.45) is 0 Å². The molecule has 6 nitrogen and oxygen atoms in total. The number of sulfonamides is 1. The molecule has 3 aromatic rings. The summed E-state index contributed by atoms with van der Waals surface area (Å²) in [6.45, 7) is 0.271. The van der Waals surface area contributed by atoms with Crippen LogP contribution in [0, 0.1) is 0 Å². The van der Waals surface area contributed by atoms with Gasteiger partial charge in [-0.1, -0.05) is 30.3 Å². The van der Waals surface area contributed by atoms with Gasteiger partial charge in [0.05, 0.1) is 11.4 Å². The second-order valence-electron chi connectivity index (χ2n) is 5.38. The zero-order chi connectivity index (χ0) is 17.0. The van der Waals surface area contributed by atoms with E-state index in [0.717, 1.165) is 5.56 Å². The van der Waals surface area contributed by atoms with E-state index < -0.39 is 10.0 Å². The van der Waals surface area contributed by atoms with Crippen LogP contribution in [-0.4, -0.2) is 26.3 Å². The highest BCUT2D eigenvalue weighted by Crippen LogP contribution is 2.21. The molecule has 0 radical (unpaired) electrons. The van der Waals surface area contributed by atoms with Crippen molar-refractivity contribution in [3.8, 4) is 0 Å². The van der Waals surface area contributed by atoms with E-state index in [4.69, 9.17) is 9.15 Å². The molecule has 24 heavy (non-hydrogen) atoms. The smallest absolute Gasteiger partial charge is 0.233 e. The fourth-order valence-corrected chi connectivity index (χ4v) is 3.44. The van der Waals surface area contributed by atoms with Crippen LogP contribution < -0.4 is 4.72 Å². The van der Waals surface area contributed by atoms with Gasteiger partial charge in [0.1, 0.15) is 12.1 Å². The van der Waals surface area contributed by atoms with Crippen molar-refractivity contribution in [3.05, 3.63) is 60.0 Å². The van der Waals surface area contributed by atoms with Crippen LogP contribution in [0.25, 0.3) is 11.1 Å². The van der Waals surface area contributed by atoms with Crippen LogP contribution in [0.4, 0.5) is 5.69 Å². The van der Waals surface area contributed by atoms with Gasteiger partial charge in [0, 0.05) is 7.11 Å². The molecule has 3 rings (SSSR count). The molecule has 0 saturated heterocycles. The van der Waals surface area contributed by atoms with Crippen LogP contribution >= 0.6 is 0 Å². The van der Waals surface area contributed by atoms with Crippen molar-refractivity contribution >= 4 is 26.8 Å². The van der Waals surface area contributed by atoms with Crippen molar-refractivity contribution in [1.29, 1.82) is 0 Å². The Morgan fingerprint density at radius 1 is 1.17 bits per heavy atom. The van der Waals surface area contributed by atoms with Gasteiger partial charge < -0.3 is 9.15 Å². The highest BCUT2D eigenvalue weighted by Gasteiger charge is 2.12. The Kier molecular flexibility index (Phi) is 4.82. The highest BCUT2D eigenvalue weighted by atomic mass is 32.2. The average molecular weight is 346 g/mol. The number of hydrogen-bond donors (Lipinski definition) is 1. The molecule has 1 heterocycles. The number of ether oxygens (including phenoxy) is 1. The molecule has 0 saturated carbocycles. The Morgan fingerprint density at radius 3 is 2.71 bits per heavy atom. The van der Waals surface area contributed by atoms with Gasteiger partial charge in [0.25, 0.3) is 0 Å². The molecule has 126 valence electrons. The predicted octanol–water partition coefficient (Wildman–Crippen LogP) is 2.96. The zero-order valence-corrected chi connectivity index (χ0v) is 14.0. The number of fused-ring (bicyclic) bond motifs is 1. The van der Waals surface area contributed by atoms with Crippen LogP contribution in [0.2, 0.25) is 0 Å². The van der Waals surface area contributed by atoms with Crippen LogP contribution in [0.5, 0.6) is 0 Å². The normalized spacial score (nSPS) is 11.7. The summed E-state index contributed by atoms with van der Waals surface area (Å²) in [6.07, 6.45) is 0.459. The Hall–Kier alpha value is -2.38. The van der Waals surface area contributed by atoms with E-state index >= 15 is 0 Å². The molecule has 7 heteroatoms. The van der Waals surface area contributed by atoms with Crippen molar-refractivity contribution in [1.82, 2.24) is 4.98 Å². The number of methoxy groups -OCH3 is 1. The third kappa shape index (κ3) is 4.12. The number of rotatable bonds is 7. The van der Waals surface area contributed by atoms with Gasteiger partial charge in [0.2, 0.25) is 15.9 Å². The lowest BCUT2D eigenvalue weighted by Crippen LogP contribution is -2.18. The maximum Gasteiger partial charge on any atom is 0.233 e. The first-order valence-corrected chi connectivity index (χ1v) is 9.14. The number of hydrogen-bond acceptors (Lipinski definition) is 5. The molecule has 2 aromatic carbocycles. The van der Waals surface area contributed by atoms with E-state index in [0.29, 0.717) is 29.1 Å². The van der Waals surface area contributed by atoms with Crippen LogP contribution in [0.15, 0.2) is 52.9 Å². The van der Waals surface area contributed by atoms with Gasteiger partial charge in [-0.3, -0.25) is 4.72 Å². The van der Waals surface area contributed by atoms with Crippen molar-refractivity contribution in [2.75, 3.05) is 17.6 Å². The number of benzene rings is 2. The number of aryl methyl sites for hydroxylation is 1. The van der Waals surface area contributed by atoms with Crippen molar-refractivity contribution in [3.63, 3.8) is 0 Å². The summed E-state index contributed by atoms with van der Waals surface area (Å²) in [5, 5.41) is 0. The van der Waals surface area contributed by atoms with E-state index in [-0.39, 0.29) is 12.4 Å². The molecular formula is C17H18N2O4S. The fourth-order valence-electron chi connectivity index (χ4n) is 2.35. The van der Waals surface area contributed by atoms with E-state index in [2.05, 4.69) is 9.71 Å². The van der Waals surface area contributed by atoms with E-state index in [9.17, 15) is 8.42 Å². The summed E-state index contributed by atoms with van der Waals surface area (Å²) in [7, 11) is -1.88. The largest absolute Gasteiger partial charge is 0.438 e. The van der Waals surface area contributed by atoms with Crippen LogP contribution in [0.3, 0.4) is 0 Å². The molecule has 1 N–H and O–H groups in total. The molecule has 0 aliphatic heterocycles. The molecule has 0 atom stereocenters. The van der Waals surface area contributed by atoms with E-state index in [1.165, 1.54) is 0 Å². The summed E-state index contributed by atoms with van der Waals surface area (Å²) in [6, 6.07) is 14.5. The maximum atomic E-state index is 12.2. The topological polar surface area (TPSA) is 81.4 Å². The van der Waals surface area contributed by atoms with Gasteiger partial charge in [0.15, 0.2) is 5.58 Å². The Bertz CT molecular complexity index is 920. The minimum Gasteiger partial charge on any atom is -0.438 e.